The van der Waals surface area contributed by atoms with Gasteiger partial charge < -0.3 is 15.0 Å². The summed E-state index contributed by atoms with van der Waals surface area (Å²) in [7, 11) is 0. The molecule has 1 saturated heterocycles. The fourth-order valence-electron chi connectivity index (χ4n) is 3.14. The Morgan fingerprint density at radius 3 is 2.41 bits per heavy atom. The minimum atomic E-state index is -0.369. The molecular weight excluding hydrogens is 342 g/mol. The highest BCUT2D eigenvalue weighted by Gasteiger charge is 2.14. The van der Waals surface area contributed by atoms with Crippen LogP contribution >= 0.6 is 0 Å². The molecule has 2 heterocycles. The monoisotopic (exact) mass is 367 g/mol. The maximum absolute atomic E-state index is 12.6. The molecule has 3 rings (SSSR count). The number of amides is 1. The van der Waals surface area contributed by atoms with Crippen molar-refractivity contribution in [3.8, 4) is 0 Å². The van der Waals surface area contributed by atoms with E-state index in [1.807, 2.05) is 6.07 Å². The third-order valence-corrected chi connectivity index (χ3v) is 4.59. The van der Waals surface area contributed by atoms with E-state index >= 15 is 0 Å². The molecule has 0 aliphatic carbocycles. The summed E-state index contributed by atoms with van der Waals surface area (Å²) in [6.45, 7) is 4.06. The van der Waals surface area contributed by atoms with Gasteiger partial charge in [-0.15, -0.1) is 0 Å². The van der Waals surface area contributed by atoms with Crippen molar-refractivity contribution in [3.05, 3.63) is 53.7 Å². The molecule has 6 nitrogen and oxygen atoms in total. The number of carbonyl (C=O) groups excluding carboxylic acids is 2. The zero-order valence-corrected chi connectivity index (χ0v) is 15.6. The van der Waals surface area contributed by atoms with Gasteiger partial charge in [-0.2, -0.15) is 0 Å². The van der Waals surface area contributed by atoms with E-state index < -0.39 is 0 Å². The summed E-state index contributed by atoms with van der Waals surface area (Å²) in [6.07, 6.45) is 6.49. The van der Waals surface area contributed by atoms with Crippen molar-refractivity contribution in [1.29, 1.82) is 0 Å². The summed E-state index contributed by atoms with van der Waals surface area (Å²) in [5, 5.41) is 2.86. The minimum Gasteiger partial charge on any atom is -0.462 e. The molecule has 1 N–H and O–H groups in total. The maximum atomic E-state index is 12.6. The Kier molecular flexibility index (Phi) is 6.41. The second kappa shape index (κ2) is 9.16. The number of esters is 1. The molecule has 0 spiro atoms. The summed E-state index contributed by atoms with van der Waals surface area (Å²) >= 11 is 0. The smallest absolute Gasteiger partial charge is 0.338 e. The molecule has 1 aliphatic rings. The molecule has 1 amide bonds. The molecule has 27 heavy (non-hydrogen) atoms. The van der Waals surface area contributed by atoms with E-state index in [1.165, 1.54) is 12.8 Å². The number of nitrogens with one attached hydrogen (secondary N) is 1. The maximum Gasteiger partial charge on any atom is 0.338 e. The second-order valence-electron chi connectivity index (χ2n) is 6.56. The van der Waals surface area contributed by atoms with Gasteiger partial charge in [-0.25, -0.2) is 9.78 Å². The molecule has 1 aliphatic heterocycles. The molecule has 0 bridgehead atoms. The Morgan fingerprint density at radius 2 is 1.74 bits per heavy atom. The standard InChI is InChI=1S/C21H25N3O3/c1-2-27-21(26)16-7-9-18(10-8-16)23-20(25)17-11-12-22-19(15-17)24-13-5-3-4-6-14-24/h7-12,15H,2-6,13-14H2,1H3,(H,23,25). The number of pyridine rings is 1. The minimum absolute atomic E-state index is 0.197. The molecule has 1 fully saturated rings. The van der Waals surface area contributed by atoms with Crippen molar-refractivity contribution in [2.24, 2.45) is 0 Å². The van der Waals surface area contributed by atoms with Crippen LogP contribution in [0.4, 0.5) is 11.5 Å². The SMILES string of the molecule is CCOC(=O)c1ccc(NC(=O)c2ccnc(N3CCCCCC3)c2)cc1. The lowest BCUT2D eigenvalue weighted by molar-refractivity contribution is 0.0526. The Bertz CT molecular complexity index is 782. The lowest BCUT2D eigenvalue weighted by Gasteiger charge is -2.21. The van der Waals surface area contributed by atoms with Gasteiger partial charge in [0.05, 0.1) is 12.2 Å². The summed E-state index contributed by atoms with van der Waals surface area (Å²) < 4.78 is 4.96. The van der Waals surface area contributed by atoms with Gasteiger partial charge in [0.25, 0.3) is 5.91 Å². The Morgan fingerprint density at radius 1 is 1.04 bits per heavy atom. The number of carbonyl (C=O) groups is 2. The largest absolute Gasteiger partial charge is 0.462 e. The number of hydrogen-bond acceptors (Lipinski definition) is 5. The quantitative estimate of drug-likeness (QED) is 0.812. The van der Waals surface area contributed by atoms with Crippen LogP contribution in [0.15, 0.2) is 42.6 Å². The van der Waals surface area contributed by atoms with E-state index in [4.69, 9.17) is 4.74 Å². The van der Waals surface area contributed by atoms with Crippen LogP contribution in [0.2, 0.25) is 0 Å². The molecular formula is C21H25N3O3. The van der Waals surface area contributed by atoms with Crippen LogP contribution in [-0.2, 0) is 4.74 Å². The van der Waals surface area contributed by atoms with E-state index in [2.05, 4.69) is 15.2 Å². The van der Waals surface area contributed by atoms with Gasteiger partial charge in [0, 0.05) is 30.5 Å². The number of hydrogen-bond donors (Lipinski definition) is 1. The van der Waals surface area contributed by atoms with E-state index in [9.17, 15) is 9.59 Å². The van der Waals surface area contributed by atoms with Gasteiger partial charge >= 0.3 is 5.97 Å². The van der Waals surface area contributed by atoms with Crippen LogP contribution in [0.1, 0.15) is 53.3 Å². The number of ether oxygens (including phenoxy) is 1. The van der Waals surface area contributed by atoms with Crippen LogP contribution in [0.5, 0.6) is 0 Å². The molecule has 0 saturated carbocycles. The van der Waals surface area contributed by atoms with Crippen LogP contribution in [0, 0.1) is 0 Å². The first kappa shape index (κ1) is 18.9. The van der Waals surface area contributed by atoms with Crippen molar-refractivity contribution in [2.45, 2.75) is 32.6 Å². The van der Waals surface area contributed by atoms with Gasteiger partial charge in [0.1, 0.15) is 5.82 Å². The Balaban J connectivity index is 1.67. The molecule has 0 radical (unpaired) electrons. The zero-order chi connectivity index (χ0) is 19.1. The van der Waals surface area contributed by atoms with Crippen molar-refractivity contribution in [1.82, 2.24) is 4.98 Å². The first-order chi connectivity index (χ1) is 13.2. The van der Waals surface area contributed by atoms with Gasteiger partial charge in [0.15, 0.2) is 0 Å². The Hall–Kier alpha value is -2.89. The Labute approximate surface area is 159 Å². The second-order valence-corrected chi connectivity index (χ2v) is 6.56. The lowest BCUT2D eigenvalue weighted by Crippen LogP contribution is -2.25. The molecule has 1 aromatic carbocycles. The first-order valence-corrected chi connectivity index (χ1v) is 9.47. The molecule has 6 heteroatoms. The first-order valence-electron chi connectivity index (χ1n) is 9.47. The topological polar surface area (TPSA) is 71.5 Å². The summed E-state index contributed by atoms with van der Waals surface area (Å²) in [5.74, 6) is 0.283. The van der Waals surface area contributed by atoms with Crippen LogP contribution in [-0.4, -0.2) is 36.6 Å². The molecule has 0 unspecified atom stereocenters. The van der Waals surface area contributed by atoms with E-state index in [0.717, 1.165) is 31.7 Å². The number of rotatable bonds is 5. The van der Waals surface area contributed by atoms with Crippen molar-refractivity contribution in [3.63, 3.8) is 0 Å². The van der Waals surface area contributed by atoms with Gasteiger partial charge in [0.2, 0.25) is 0 Å². The fourth-order valence-corrected chi connectivity index (χ4v) is 3.14. The van der Waals surface area contributed by atoms with Crippen molar-refractivity contribution in [2.75, 3.05) is 29.9 Å². The predicted molar refractivity (Wildman–Crippen MR) is 105 cm³/mol. The van der Waals surface area contributed by atoms with E-state index in [1.54, 1.807) is 43.5 Å². The average Bonchev–Trinajstić information content (AvgIpc) is 2.98. The van der Waals surface area contributed by atoms with Crippen LogP contribution in [0.3, 0.4) is 0 Å². The van der Waals surface area contributed by atoms with Crippen LogP contribution in [0.25, 0.3) is 0 Å². The molecule has 0 atom stereocenters. The number of anilines is 2. The van der Waals surface area contributed by atoms with E-state index in [-0.39, 0.29) is 11.9 Å². The van der Waals surface area contributed by atoms with Crippen molar-refractivity contribution >= 4 is 23.4 Å². The van der Waals surface area contributed by atoms with Gasteiger partial charge in [-0.05, 0) is 56.2 Å². The highest BCUT2D eigenvalue weighted by Crippen LogP contribution is 2.19. The number of aromatic nitrogens is 1. The molecule has 2 aromatic rings. The third-order valence-electron chi connectivity index (χ3n) is 4.59. The highest BCUT2D eigenvalue weighted by molar-refractivity contribution is 6.04. The third kappa shape index (κ3) is 5.06. The van der Waals surface area contributed by atoms with E-state index in [0.29, 0.717) is 23.4 Å². The number of benzene rings is 1. The van der Waals surface area contributed by atoms with Gasteiger partial charge in [-0.1, -0.05) is 12.8 Å². The summed E-state index contributed by atoms with van der Waals surface area (Å²) in [5.41, 5.74) is 1.65. The van der Waals surface area contributed by atoms with Crippen LogP contribution < -0.4 is 10.2 Å². The zero-order valence-electron chi connectivity index (χ0n) is 15.6. The normalized spacial score (nSPS) is 14.3. The average molecular weight is 367 g/mol. The lowest BCUT2D eigenvalue weighted by atomic mass is 10.2. The fraction of sp³-hybridized carbons (Fsp3) is 0.381. The number of nitrogens with zero attached hydrogens (tertiary/aromatic N) is 2. The van der Waals surface area contributed by atoms with Crippen molar-refractivity contribution < 1.29 is 14.3 Å². The van der Waals surface area contributed by atoms with Gasteiger partial charge in [-0.3, -0.25) is 4.79 Å². The molecule has 1 aromatic heterocycles. The summed E-state index contributed by atoms with van der Waals surface area (Å²) in [4.78, 5) is 31.0. The highest BCUT2D eigenvalue weighted by atomic mass is 16.5. The predicted octanol–water partition coefficient (Wildman–Crippen LogP) is 3.89. The molecule has 142 valence electrons. The summed E-state index contributed by atoms with van der Waals surface area (Å²) in [6, 6.07) is 10.2.